The Morgan fingerprint density at radius 1 is 1.53 bits per heavy atom. The second-order valence-corrected chi connectivity index (χ2v) is 4.76. The molecule has 0 aromatic rings. The van der Waals surface area contributed by atoms with E-state index in [-0.39, 0.29) is 12.0 Å². The van der Waals surface area contributed by atoms with Crippen LogP contribution in [0, 0.1) is 0 Å². The number of rotatable bonds is 7. The number of carbonyl (C=O) groups excluding carboxylic acids is 1. The Morgan fingerprint density at radius 3 is 3.00 bits per heavy atom. The molecule has 1 saturated heterocycles. The SMILES string of the molecule is CCOC(C)CNC(=O)CCC1CCCCN1. The third kappa shape index (κ3) is 6.64. The monoisotopic (exact) mass is 242 g/mol. The molecule has 4 nitrogen and oxygen atoms in total. The van der Waals surface area contributed by atoms with Crippen LogP contribution in [-0.4, -0.2) is 37.7 Å². The van der Waals surface area contributed by atoms with Crippen molar-refractivity contribution in [2.75, 3.05) is 19.7 Å². The first-order valence-electron chi connectivity index (χ1n) is 6.84. The summed E-state index contributed by atoms with van der Waals surface area (Å²) in [6.07, 6.45) is 5.46. The second kappa shape index (κ2) is 8.48. The molecule has 0 aliphatic carbocycles. The first-order chi connectivity index (χ1) is 8.22. The average molecular weight is 242 g/mol. The summed E-state index contributed by atoms with van der Waals surface area (Å²) >= 11 is 0. The molecule has 2 atom stereocenters. The quantitative estimate of drug-likeness (QED) is 0.710. The van der Waals surface area contributed by atoms with E-state index in [0.29, 0.717) is 25.6 Å². The molecule has 17 heavy (non-hydrogen) atoms. The van der Waals surface area contributed by atoms with Crippen molar-refractivity contribution in [1.82, 2.24) is 10.6 Å². The van der Waals surface area contributed by atoms with E-state index >= 15 is 0 Å². The highest BCUT2D eigenvalue weighted by molar-refractivity contribution is 5.75. The molecular formula is C13H26N2O2. The lowest BCUT2D eigenvalue weighted by Crippen LogP contribution is -2.36. The molecule has 0 aromatic carbocycles. The van der Waals surface area contributed by atoms with Crippen molar-refractivity contribution < 1.29 is 9.53 Å². The summed E-state index contributed by atoms with van der Waals surface area (Å²) in [5, 5.41) is 6.37. The van der Waals surface area contributed by atoms with E-state index in [1.165, 1.54) is 19.3 Å². The first-order valence-corrected chi connectivity index (χ1v) is 6.84. The number of carbonyl (C=O) groups is 1. The Bertz CT molecular complexity index is 215. The Morgan fingerprint density at radius 2 is 2.35 bits per heavy atom. The van der Waals surface area contributed by atoms with E-state index < -0.39 is 0 Å². The van der Waals surface area contributed by atoms with E-state index in [2.05, 4.69) is 10.6 Å². The van der Waals surface area contributed by atoms with Crippen LogP contribution in [0.25, 0.3) is 0 Å². The minimum absolute atomic E-state index is 0.108. The molecule has 0 aromatic heterocycles. The molecule has 1 aliphatic rings. The highest BCUT2D eigenvalue weighted by Gasteiger charge is 2.14. The molecule has 2 unspecified atom stereocenters. The van der Waals surface area contributed by atoms with Crippen molar-refractivity contribution in [1.29, 1.82) is 0 Å². The van der Waals surface area contributed by atoms with Crippen LogP contribution in [0.1, 0.15) is 46.0 Å². The van der Waals surface area contributed by atoms with Gasteiger partial charge in [-0.15, -0.1) is 0 Å². The topological polar surface area (TPSA) is 50.4 Å². The summed E-state index contributed by atoms with van der Waals surface area (Å²) in [6, 6.07) is 0.541. The van der Waals surface area contributed by atoms with Crippen molar-refractivity contribution in [3.05, 3.63) is 0 Å². The van der Waals surface area contributed by atoms with E-state index in [4.69, 9.17) is 4.74 Å². The molecule has 1 heterocycles. The van der Waals surface area contributed by atoms with Crippen LogP contribution >= 0.6 is 0 Å². The van der Waals surface area contributed by atoms with E-state index in [1.807, 2.05) is 13.8 Å². The highest BCUT2D eigenvalue weighted by Crippen LogP contribution is 2.11. The number of amides is 1. The fourth-order valence-corrected chi connectivity index (χ4v) is 2.17. The summed E-state index contributed by atoms with van der Waals surface area (Å²) in [4.78, 5) is 11.6. The van der Waals surface area contributed by atoms with Crippen molar-refractivity contribution in [2.24, 2.45) is 0 Å². The third-order valence-electron chi connectivity index (χ3n) is 3.17. The maximum absolute atomic E-state index is 11.6. The summed E-state index contributed by atoms with van der Waals surface area (Å²) < 4.78 is 5.36. The zero-order valence-electron chi connectivity index (χ0n) is 11.1. The van der Waals surface area contributed by atoms with Gasteiger partial charge in [-0.25, -0.2) is 0 Å². The largest absolute Gasteiger partial charge is 0.377 e. The van der Waals surface area contributed by atoms with Crippen LogP contribution in [0.3, 0.4) is 0 Å². The predicted octanol–water partition coefficient (Wildman–Crippen LogP) is 1.45. The molecule has 0 saturated carbocycles. The first kappa shape index (κ1) is 14.5. The van der Waals surface area contributed by atoms with Crippen molar-refractivity contribution in [2.45, 2.75) is 58.1 Å². The van der Waals surface area contributed by atoms with Crippen LogP contribution in [0.4, 0.5) is 0 Å². The van der Waals surface area contributed by atoms with Gasteiger partial charge in [0.2, 0.25) is 5.91 Å². The van der Waals surface area contributed by atoms with Crippen molar-refractivity contribution >= 4 is 5.91 Å². The van der Waals surface area contributed by atoms with Crippen molar-refractivity contribution in [3.63, 3.8) is 0 Å². The smallest absolute Gasteiger partial charge is 0.220 e. The summed E-state index contributed by atoms with van der Waals surface area (Å²) in [6.45, 7) is 6.36. The Balaban J connectivity index is 2.04. The number of nitrogens with one attached hydrogen (secondary N) is 2. The highest BCUT2D eigenvalue weighted by atomic mass is 16.5. The normalized spacial score (nSPS) is 22.1. The fraction of sp³-hybridized carbons (Fsp3) is 0.923. The van der Waals surface area contributed by atoms with Gasteiger partial charge in [-0.2, -0.15) is 0 Å². The Labute approximate surface area is 104 Å². The standard InChI is InChI=1S/C13H26N2O2/c1-3-17-11(2)10-15-13(16)8-7-12-6-4-5-9-14-12/h11-12,14H,3-10H2,1-2H3,(H,15,16). The molecule has 1 fully saturated rings. The van der Waals surface area contributed by atoms with Crippen LogP contribution in [-0.2, 0) is 9.53 Å². The average Bonchev–Trinajstić information content (AvgIpc) is 2.35. The number of piperidine rings is 1. The van der Waals surface area contributed by atoms with E-state index in [9.17, 15) is 4.79 Å². The van der Waals surface area contributed by atoms with Crippen LogP contribution < -0.4 is 10.6 Å². The summed E-state index contributed by atoms with van der Waals surface area (Å²) in [5.74, 6) is 0.143. The molecule has 0 spiro atoms. The predicted molar refractivity (Wildman–Crippen MR) is 69.0 cm³/mol. The van der Waals surface area contributed by atoms with Gasteiger partial charge in [-0.3, -0.25) is 4.79 Å². The third-order valence-corrected chi connectivity index (χ3v) is 3.17. The van der Waals surface area contributed by atoms with Crippen LogP contribution in [0.5, 0.6) is 0 Å². The van der Waals surface area contributed by atoms with Gasteiger partial charge < -0.3 is 15.4 Å². The molecule has 4 heteroatoms. The summed E-state index contributed by atoms with van der Waals surface area (Å²) in [5.41, 5.74) is 0. The molecular weight excluding hydrogens is 216 g/mol. The van der Waals surface area contributed by atoms with Gasteiger partial charge in [-0.05, 0) is 39.7 Å². The number of hydrogen-bond donors (Lipinski definition) is 2. The van der Waals surface area contributed by atoms with Gasteiger partial charge in [0.1, 0.15) is 0 Å². The van der Waals surface area contributed by atoms with Gasteiger partial charge in [-0.1, -0.05) is 6.42 Å². The maximum Gasteiger partial charge on any atom is 0.220 e. The lowest BCUT2D eigenvalue weighted by Gasteiger charge is -2.23. The molecule has 0 bridgehead atoms. The van der Waals surface area contributed by atoms with Gasteiger partial charge in [0.25, 0.3) is 0 Å². The zero-order chi connectivity index (χ0) is 12.5. The van der Waals surface area contributed by atoms with Gasteiger partial charge >= 0.3 is 0 Å². The molecule has 0 radical (unpaired) electrons. The molecule has 2 N–H and O–H groups in total. The molecule has 1 aliphatic heterocycles. The van der Waals surface area contributed by atoms with Gasteiger partial charge in [0.05, 0.1) is 6.10 Å². The maximum atomic E-state index is 11.6. The van der Waals surface area contributed by atoms with E-state index in [0.717, 1.165) is 13.0 Å². The van der Waals surface area contributed by atoms with Gasteiger partial charge in [0.15, 0.2) is 0 Å². The minimum atomic E-state index is 0.108. The fourth-order valence-electron chi connectivity index (χ4n) is 2.17. The van der Waals surface area contributed by atoms with E-state index in [1.54, 1.807) is 0 Å². The Kier molecular flexibility index (Phi) is 7.21. The van der Waals surface area contributed by atoms with Gasteiger partial charge in [0, 0.05) is 25.6 Å². The van der Waals surface area contributed by atoms with Crippen LogP contribution in [0.15, 0.2) is 0 Å². The summed E-state index contributed by atoms with van der Waals surface area (Å²) in [7, 11) is 0. The zero-order valence-corrected chi connectivity index (χ0v) is 11.1. The van der Waals surface area contributed by atoms with Crippen molar-refractivity contribution in [3.8, 4) is 0 Å². The lowest BCUT2D eigenvalue weighted by molar-refractivity contribution is -0.121. The lowest BCUT2D eigenvalue weighted by atomic mass is 10.0. The molecule has 100 valence electrons. The minimum Gasteiger partial charge on any atom is -0.377 e. The van der Waals surface area contributed by atoms with Crippen LogP contribution in [0.2, 0.25) is 0 Å². The molecule has 1 rings (SSSR count). The number of hydrogen-bond acceptors (Lipinski definition) is 3. The Hall–Kier alpha value is -0.610. The molecule has 1 amide bonds. The second-order valence-electron chi connectivity index (χ2n) is 4.76. The number of ether oxygens (including phenoxy) is 1.